The third kappa shape index (κ3) is 3.86. The molecule has 0 aliphatic heterocycles. The zero-order valence-corrected chi connectivity index (χ0v) is 8.90. The first kappa shape index (κ1) is 11.3. The largest absolute Gasteiger partial charge is 0.361 e. The van der Waals surface area contributed by atoms with Gasteiger partial charge in [-0.05, 0) is 12.0 Å². The van der Waals surface area contributed by atoms with E-state index in [1.165, 1.54) is 12.3 Å². The molecule has 15 heavy (non-hydrogen) atoms. The van der Waals surface area contributed by atoms with E-state index in [2.05, 4.69) is 14.8 Å². The molecule has 0 unspecified atom stereocenters. The maximum absolute atomic E-state index is 11.5. The van der Waals surface area contributed by atoms with Crippen LogP contribution in [-0.2, 0) is 11.2 Å². The van der Waals surface area contributed by atoms with Crippen LogP contribution in [0.2, 0.25) is 0 Å². The highest BCUT2D eigenvalue weighted by Gasteiger charge is 2.11. The second-order valence-corrected chi connectivity index (χ2v) is 3.76. The van der Waals surface area contributed by atoms with Crippen molar-refractivity contribution >= 4 is 11.6 Å². The van der Waals surface area contributed by atoms with Gasteiger partial charge in [0.1, 0.15) is 5.78 Å². The lowest BCUT2D eigenvalue weighted by Crippen LogP contribution is -2.08. The molecule has 1 heterocycles. The Kier molecular flexibility index (Phi) is 3.92. The normalized spacial score (nSPS) is 10.0. The molecule has 1 rings (SSSR count). The van der Waals surface area contributed by atoms with Crippen molar-refractivity contribution in [2.75, 3.05) is 0 Å². The van der Waals surface area contributed by atoms with Crippen LogP contribution in [-0.4, -0.2) is 15.8 Å². The van der Waals surface area contributed by atoms with E-state index < -0.39 is 0 Å². The molecule has 0 aromatic carbocycles. The minimum absolute atomic E-state index is 0.118. The molecular weight excluding hydrogens is 190 g/mol. The number of ketones is 1. The second kappa shape index (κ2) is 5.20. The maximum Gasteiger partial charge on any atom is 0.273 e. The average Bonchev–Trinajstić information content (AvgIpc) is 2.16. The lowest BCUT2D eigenvalue weighted by Gasteiger charge is -2.01. The summed E-state index contributed by atoms with van der Waals surface area (Å²) < 4.78 is 0. The van der Waals surface area contributed by atoms with Gasteiger partial charge in [-0.2, -0.15) is 0 Å². The van der Waals surface area contributed by atoms with E-state index in [9.17, 15) is 4.79 Å². The summed E-state index contributed by atoms with van der Waals surface area (Å²) in [6, 6.07) is 1.53. The molecule has 0 saturated carbocycles. The predicted octanol–water partition coefficient (Wildman–Crippen LogP) is 2.19. The van der Waals surface area contributed by atoms with Crippen molar-refractivity contribution in [2.45, 2.75) is 26.7 Å². The standard InChI is InChI=1S/C11H13N3O/c1-8(2)6-9(15)7-11-13-5-4-10(12-3)14-11/h4-5,8H,6-7H2,1-2H3. The third-order valence-corrected chi connectivity index (χ3v) is 1.80. The van der Waals surface area contributed by atoms with Crippen LogP contribution >= 0.6 is 0 Å². The molecule has 1 aromatic heterocycles. The minimum Gasteiger partial charge on any atom is -0.361 e. The first-order valence-electron chi connectivity index (χ1n) is 4.83. The van der Waals surface area contributed by atoms with Gasteiger partial charge in [-0.3, -0.25) is 4.79 Å². The molecule has 0 bridgehead atoms. The van der Waals surface area contributed by atoms with E-state index in [4.69, 9.17) is 6.57 Å². The Morgan fingerprint density at radius 2 is 2.33 bits per heavy atom. The molecule has 4 heteroatoms. The van der Waals surface area contributed by atoms with Crippen LogP contribution in [0.15, 0.2) is 12.3 Å². The van der Waals surface area contributed by atoms with Crippen molar-refractivity contribution < 1.29 is 4.79 Å². The highest BCUT2D eigenvalue weighted by molar-refractivity contribution is 5.80. The Morgan fingerprint density at radius 1 is 1.60 bits per heavy atom. The van der Waals surface area contributed by atoms with Gasteiger partial charge in [0.25, 0.3) is 5.82 Å². The molecule has 0 amide bonds. The summed E-state index contributed by atoms with van der Waals surface area (Å²) in [6.45, 7) is 10.8. The topological polar surface area (TPSA) is 47.2 Å². The molecule has 4 nitrogen and oxygen atoms in total. The van der Waals surface area contributed by atoms with Gasteiger partial charge in [-0.25, -0.2) is 4.98 Å². The zero-order valence-electron chi connectivity index (χ0n) is 8.90. The van der Waals surface area contributed by atoms with E-state index in [0.29, 0.717) is 18.2 Å². The van der Waals surface area contributed by atoms with Crippen LogP contribution in [0.1, 0.15) is 26.1 Å². The van der Waals surface area contributed by atoms with E-state index in [1.807, 2.05) is 13.8 Å². The summed E-state index contributed by atoms with van der Waals surface area (Å²) in [5, 5.41) is 0. The van der Waals surface area contributed by atoms with Gasteiger partial charge in [-0.15, -0.1) is 4.98 Å². The van der Waals surface area contributed by atoms with E-state index in [-0.39, 0.29) is 18.0 Å². The molecule has 0 radical (unpaired) electrons. The molecule has 1 aromatic rings. The lowest BCUT2D eigenvalue weighted by molar-refractivity contribution is -0.119. The van der Waals surface area contributed by atoms with Gasteiger partial charge in [0.05, 0.1) is 6.42 Å². The molecule has 0 aliphatic carbocycles. The first-order chi connectivity index (χ1) is 7.11. The summed E-state index contributed by atoms with van der Waals surface area (Å²) in [6.07, 6.45) is 2.27. The highest BCUT2D eigenvalue weighted by atomic mass is 16.1. The SMILES string of the molecule is [C-]#[N+]c1ccnc(CC(=O)CC(C)C)n1. The Morgan fingerprint density at radius 3 is 2.93 bits per heavy atom. The zero-order chi connectivity index (χ0) is 11.3. The van der Waals surface area contributed by atoms with Gasteiger partial charge in [0.2, 0.25) is 5.82 Å². The lowest BCUT2D eigenvalue weighted by atomic mass is 10.1. The van der Waals surface area contributed by atoms with Crippen molar-refractivity contribution in [3.8, 4) is 0 Å². The van der Waals surface area contributed by atoms with Crippen molar-refractivity contribution in [2.24, 2.45) is 5.92 Å². The Hall–Kier alpha value is -1.76. The quantitative estimate of drug-likeness (QED) is 0.705. The van der Waals surface area contributed by atoms with Gasteiger partial charge in [0.15, 0.2) is 0 Å². The van der Waals surface area contributed by atoms with Crippen LogP contribution in [0, 0.1) is 12.5 Å². The molecular formula is C11H13N3O. The smallest absolute Gasteiger partial charge is 0.273 e. The number of carbonyl (C=O) groups is 1. The highest BCUT2D eigenvalue weighted by Crippen LogP contribution is 2.08. The molecule has 0 saturated heterocycles. The van der Waals surface area contributed by atoms with Gasteiger partial charge < -0.3 is 4.85 Å². The van der Waals surface area contributed by atoms with E-state index in [1.54, 1.807) is 0 Å². The number of hydrogen-bond donors (Lipinski definition) is 0. The number of carbonyl (C=O) groups excluding carboxylic acids is 1. The van der Waals surface area contributed by atoms with Crippen molar-refractivity contribution in [1.29, 1.82) is 0 Å². The molecule has 0 aliphatic rings. The average molecular weight is 203 g/mol. The monoisotopic (exact) mass is 203 g/mol. The van der Waals surface area contributed by atoms with E-state index in [0.717, 1.165) is 0 Å². The number of hydrogen-bond acceptors (Lipinski definition) is 3. The second-order valence-electron chi connectivity index (χ2n) is 3.76. The predicted molar refractivity (Wildman–Crippen MR) is 56.5 cm³/mol. The number of Topliss-reactive ketones (excluding diaryl/α,β-unsaturated/α-hetero) is 1. The van der Waals surface area contributed by atoms with Gasteiger partial charge in [-0.1, -0.05) is 20.4 Å². The van der Waals surface area contributed by atoms with Crippen LogP contribution in [0.3, 0.4) is 0 Å². The van der Waals surface area contributed by atoms with Crippen molar-refractivity contribution in [3.63, 3.8) is 0 Å². The summed E-state index contributed by atoms with van der Waals surface area (Å²) in [7, 11) is 0. The molecule has 0 atom stereocenters. The van der Waals surface area contributed by atoms with Crippen LogP contribution in [0.4, 0.5) is 5.82 Å². The van der Waals surface area contributed by atoms with Gasteiger partial charge in [0, 0.05) is 12.6 Å². The van der Waals surface area contributed by atoms with Crippen LogP contribution < -0.4 is 0 Å². The third-order valence-electron chi connectivity index (χ3n) is 1.80. The van der Waals surface area contributed by atoms with E-state index >= 15 is 0 Å². The molecule has 78 valence electrons. The Bertz CT molecular complexity index is 393. The number of rotatable bonds is 4. The minimum atomic E-state index is 0.118. The fourth-order valence-electron chi connectivity index (χ4n) is 1.24. The van der Waals surface area contributed by atoms with Gasteiger partial charge >= 0.3 is 0 Å². The number of nitrogens with zero attached hydrogens (tertiary/aromatic N) is 3. The Balaban J connectivity index is 2.65. The molecule has 0 spiro atoms. The summed E-state index contributed by atoms with van der Waals surface area (Å²) in [5.74, 6) is 1.19. The molecule has 0 N–H and O–H groups in total. The fraction of sp³-hybridized carbons (Fsp3) is 0.455. The molecule has 0 fully saturated rings. The maximum atomic E-state index is 11.5. The summed E-state index contributed by atoms with van der Waals surface area (Å²) in [5.41, 5.74) is 0. The van der Waals surface area contributed by atoms with Crippen molar-refractivity contribution in [1.82, 2.24) is 9.97 Å². The fourth-order valence-corrected chi connectivity index (χ4v) is 1.24. The summed E-state index contributed by atoms with van der Waals surface area (Å²) in [4.78, 5) is 22.6. The summed E-state index contributed by atoms with van der Waals surface area (Å²) >= 11 is 0. The first-order valence-corrected chi connectivity index (χ1v) is 4.83. The van der Waals surface area contributed by atoms with Crippen molar-refractivity contribution in [3.05, 3.63) is 29.5 Å². The van der Waals surface area contributed by atoms with Crippen LogP contribution in [0.5, 0.6) is 0 Å². The Labute approximate surface area is 89.2 Å². The van der Waals surface area contributed by atoms with Crippen LogP contribution in [0.25, 0.3) is 4.85 Å². The number of aromatic nitrogens is 2.